The molecule has 0 saturated heterocycles. The van der Waals surface area contributed by atoms with Gasteiger partial charge in [-0.3, -0.25) is 0 Å². The SMILES string of the molecule is Cc1cc(C)c2c(c1)c1cc(C)cc(C)c1n2-c1cc2c3c(c1)-c1ccccc1SB3Sc1ccccc1-2. The molecule has 8 rings (SSSR count). The van der Waals surface area contributed by atoms with Crippen LogP contribution in [-0.2, 0) is 0 Å². The van der Waals surface area contributed by atoms with Gasteiger partial charge in [-0.2, -0.15) is 23.2 Å². The Balaban J connectivity index is 1.55. The van der Waals surface area contributed by atoms with Crippen molar-refractivity contribution in [1.82, 2.24) is 4.57 Å². The summed E-state index contributed by atoms with van der Waals surface area (Å²) < 4.78 is 2.55. The summed E-state index contributed by atoms with van der Waals surface area (Å²) in [6.45, 7) is 8.96. The number of benzene rings is 5. The number of hydrogen-bond donors (Lipinski definition) is 0. The molecule has 182 valence electrons. The van der Waals surface area contributed by atoms with Gasteiger partial charge in [0.25, 0.3) is 0 Å². The largest absolute Gasteiger partial charge is 0.318 e. The highest BCUT2D eigenvalue weighted by Crippen LogP contribution is 2.50. The van der Waals surface area contributed by atoms with Crippen molar-refractivity contribution in [3.8, 4) is 27.9 Å². The minimum Gasteiger partial charge on any atom is -0.309 e. The molecule has 0 atom stereocenters. The predicted octanol–water partition coefficient (Wildman–Crippen LogP) is 9.26. The summed E-state index contributed by atoms with van der Waals surface area (Å²) >= 11 is 4.00. The third-order valence-electron chi connectivity index (χ3n) is 8.11. The van der Waals surface area contributed by atoms with Gasteiger partial charge in [-0.15, -0.1) is 0 Å². The first kappa shape index (κ1) is 22.6. The summed E-state index contributed by atoms with van der Waals surface area (Å²) in [5, 5.41) is 3.06. The van der Waals surface area contributed by atoms with Gasteiger partial charge in [-0.25, -0.2) is 0 Å². The number of rotatable bonds is 1. The van der Waals surface area contributed by atoms with Crippen molar-refractivity contribution < 1.29 is 0 Å². The third kappa shape index (κ3) is 3.11. The average Bonchev–Trinajstić information content (AvgIpc) is 3.23. The van der Waals surface area contributed by atoms with E-state index in [9.17, 15) is 0 Å². The minimum absolute atomic E-state index is 0.366. The van der Waals surface area contributed by atoms with E-state index in [-0.39, 0.29) is 0 Å². The Morgan fingerprint density at radius 1 is 0.553 bits per heavy atom. The molecule has 0 aliphatic carbocycles. The number of fused-ring (bicyclic) bond motifs is 7. The zero-order chi connectivity index (χ0) is 25.7. The molecule has 38 heavy (non-hydrogen) atoms. The first-order chi connectivity index (χ1) is 18.5. The van der Waals surface area contributed by atoms with E-state index in [0.717, 1.165) is 0 Å². The van der Waals surface area contributed by atoms with E-state index in [1.165, 1.54) is 87.3 Å². The zero-order valence-corrected chi connectivity index (χ0v) is 23.6. The normalized spacial score (nSPS) is 13.5. The van der Waals surface area contributed by atoms with E-state index in [4.69, 9.17) is 0 Å². The monoisotopic (exact) mass is 523 g/mol. The second kappa shape index (κ2) is 8.08. The molecule has 0 bridgehead atoms. The van der Waals surface area contributed by atoms with Crippen LogP contribution in [0.3, 0.4) is 0 Å². The van der Waals surface area contributed by atoms with Crippen LogP contribution >= 0.6 is 23.2 Å². The fourth-order valence-corrected chi connectivity index (χ4v) is 9.66. The second-order valence-corrected chi connectivity index (χ2v) is 13.4. The van der Waals surface area contributed by atoms with Crippen LogP contribution in [0.2, 0.25) is 0 Å². The van der Waals surface area contributed by atoms with E-state index in [1.807, 2.05) is 23.2 Å². The van der Waals surface area contributed by atoms with Gasteiger partial charge >= 0.3 is 5.27 Å². The summed E-state index contributed by atoms with van der Waals surface area (Å²) in [5.74, 6) is 0. The van der Waals surface area contributed by atoms with Gasteiger partial charge in [0, 0.05) is 26.3 Å². The lowest BCUT2D eigenvalue weighted by molar-refractivity contribution is 1.15. The smallest absolute Gasteiger partial charge is 0.309 e. The molecular formula is C34H26BNS2. The highest BCUT2D eigenvalue weighted by molar-refractivity contribution is 8.56. The Morgan fingerprint density at radius 2 is 1.03 bits per heavy atom. The van der Waals surface area contributed by atoms with E-state index in [2.05, 4.69) is 117 Å². The lowest BCUT2D eigenvalue weighted by Crippen LogP contribution is -2.33. The van der Waals surface area contributed by atoms with Gasteiger partial charge in [0.15, 0.2) is 0 Å². The standard InChI is InChI=1S/C34H26BNS2/c1-19-13-21(3)33-28(15-19)29-16-20(2)14-22(4)34(29)36(33)23-17-26-24-9-5-7-11-30(24)37-35-32(26)27(18-23)25-10-6-8-12-31(25)38-35/h5-18H,1-4H3. The summed E-state index contributed by atoms with van der Waals surface area (Å²) in [5.41, 5.74) is 16.1. The van der Waals surface area contributed by atoms with Gasteiger partial charge in [-0.1, -0.05) is 59.7 Å². The van der Waals surface area contributed by atoms with Crippen molar-refractivity contribution in [1.29, 1.82) is 0 Å². The Hall–Kier alpha value is -3.34. The molecule has 1 aromatic heterocycles. The van der Waals surface area contributed by atoms with Crippen molar-refractivity contribution in [3.63, 3.8) is 0 Å². The van der Waals surface area contributed by atoms with Crippen molar-refractivity contribution >= 4 is 55.8 Å². The molecule has 5 aromatic carbocycles. The van der Waals surface area contributed by atoms with Crippen LogP contribution in [0.5, 0.6) is 0 Å². The van der Waals surface area contributed by atoms with Gasteiger partial charge in [0.2, 0.25) is 0 Å². The molecular weight excluding hydrogens is 497 g/mol. The molecule has 2 aliphatic heterocycles. The van der Waals surface area contributed by atoms with E-state index >= 15 is 0 Å². The van der Waals surface area contributed by atoms with E-state index in [0.29, 0.717) is 5.27 Å². The number of nitrogens with zero attached hydrogens (tertiary/aromatic N) is 1. The predicted molar refractivity (Wildman–Crippen MR) is 168 cm³/mol. The first-order valence-electron chi connectivity index (χ1n) is 13.2. The van der Waals surface area contributed by atoms with Crippen molar-refractivity contribution in [2.24, 2.45) is 0 Å². The van der Waals surface area contributed by atoms with Crippen molar-refractivity contribution in [2.75, 3.05) is 0 Å². The summed E-state index contributed by atoms with van der Waals surface area (Å²) in [4.78, 5) is 2.75. The van der Waals surface area contributed by atoms with E-state index in [1.54, 1.807) is 0 Å². The fourth-order valence-electron chi connectivity index (χ4n) is 6.72. The lowest BCUT2D eigenvalue weighted by Gasteiger charge is -2.32. The summed E-state index contributed by atoms with van der Waals surface area (Å²) in [6, 6.07) is 32.2. The zero-order valence-electron chi connectivity index (χ0n) is 21.9. The fraction of sp³-hybridized carbons (Fsp3) is 0.118. The van der Waals surface area contributed by atoms with Crippen LogP contribution in [0, 0.1) is 27.7 Å². The maximum absolute atomic E-state index is 2.55. The lowest BCUT2D eigenvalue weighted by atomic mass is 9.77. The molecule has 4 heteroatoms. The average molecular weight is 524 g/mol. The molecule has 6 aromatic rings. The van der Waals surface area contributed by atoms with Gasteiger partial charge < -0.3 is 4.57 Å². The molecule has 0 fully saturated rings. The molecule has 0 spiro atoms. The second-order valence-electron chi connectivity index (χ2n) is 10.8. The van der Waals surface area contributed by atoms with Gasteiger partial charge in [0.05, 0.1) is 11.0 Å². The van der Waals surface area contributed by atoms with Gasteiger partial charge in [0.1, 0.15) is 0 Å². The van der Waals surface area contributed by atoms with Crippen LogP contribution in [0.1, 0.15) is 22.3 Å². The van der Waals surface area contributed by atoms with E-state index < -0.39 is 0 Å². The van der Waals surface area contributed by atoms with Crippen molar-refractivity contribution in [3.05, 3.63) is 107 Å². The highest BCUT2D eigenvalue weighted by Gasteiger charge is 2.37. The Bertz CT molecular complexity index is 1850. The maximum atomic E-state index is 2.55. The molecule has 0 unspecified atom stereocenters. The maximum Gasteiger partial charge on any atom is 0.318 e. The van der Waals surface area contributed by atoms with Crippen LogP contribution in [0.15, 0.2) is 94.7 Å². The first-order valence-corrected chi connectivity index (χ1v) is 15.0. The van der Waals surface area contributed by atoms with Crippen LogP contribution in [0.25, 0.3) is 49.7 Å². The van der Waals surface area contributed by atoms with Crippen LogP contribution < -0.4 is 5.46 Å². The summed E-state index contributed by atoms with van der Waals surface area (Å²) in [7, 11) is 0. The topological polar surface area (TPSA) is 4.93 Å². The molecule has 1 nitrogen and oxygen atoms in total. The highest BCUT2D eigenvalue weighted by atomic mass is 32.2. The molecule has 0 radical (unpaired) electrons. The molecule has 0 N–H and O–H groups in total. The van der Waals surface area contributed by atoms with Crippen LogP contribution in [0.4, 0.5) is 0 Å². The third-order valence-corrected chi connectivity index (χ3v) is 10.8. The summed E-state index contributed by atoms with van der Waals surface area (Å²) in [6.07, 6.45) is 0. The van der Waals surface area contributed by atoms with Crippen LogP contribution in [-0.4, -0.2) is 9.84 Å². The quantitative estimate of drug-likeness (QED) is 0.198. The Morgan fingerprint density at radius 3 is 1.53 bits per heavy atom. The number of aromatic nitrogens is 1. The molecule has 0 amide bonds. The Labute approximate surface area is 232 Å². The molecule has 2 aliphatic rings. The Kier molecular flexibility index (Phi) is 4.81. The molecule has 0 saturated carbocycles. The van der Waals surface area contributed by atoms with Crippen molar-refractivity contribution in [2.45, 2.75) is 37.5 Å². The van der Waals surface area contributed by atoms with Gasteiger partial charge in [-0.05, 0) is 103 Å². The number of hydrogen-bond acceptors (Lipinski definition) is 2. The minimum atomic E-state index is 0.366. The molecule has 3 heterocycles. The number of aryl methyl sites for hydroxylation is 4.